The van der Waals surface area contributed by atoms with Crippen LogP contribution in [0.2, 0.25) is 0 Å². The molecule has 1 aromatic carbocycles. The van der Waals surface area contributed by atoms with Crippen LogP contribution in [0.3, 0.4) is 0 Å². The van der Waals surface area contributed by atoms with Gasteiger partial charge in [0.1, 0.15) is 15.6 Å². The SMILES string of the molecule is CNC(=O)c1cnc(C=Cc2cccc(OCCC(=O)O)c2)s1. The molecular formula is C16H16N2O4S. The number of carbonyl (C=O) groups is 2. The highest BCUT2D eigenvalue weighted by molar-refractivity contribution is 7.14. The summed E-state index contributed by atoms with van der Waals surface area (Å²) in [6.07, 6.45) is 5.17. The molecule has 23 heavy (non-hydrogen) atoms. The summed E-state index contributed by atoms with van der Waals surface area (Å²) >= 11 is 1.30. The van der Waals surface area contributed by atoms with Crippen LogP contribution in [0.5, 0.6) is 5.75 Å². The van der Waals surface area contributed by atoms with E-state index in [2.05, 4.69) is 10.3 Å². The van der Waals surface area contributed by atoms with E-state index in [9.17, 15) is 9.59 Å². The summed E-state index contributed by atoms with van der Waals surface area (Å²) in [4.78, 5) is 26.7. The van der Waals surface area contributed by atoms with Gasteiger partial charge in [0.05, 0.1) is 19.2 Å². The molecule has 0 bridgehead atoms. The van der Waals surface area contributed by atoms with Crippen molar-refractivity contribution in [2.75, 3.05) is 13.7 Å². The van der Waals surface area contributed by atoms with Crippen LogP contribution in [0.1, 0.15) is 26.7 Å². The van der Waals surface area contributed by atoms with Gasteiger partial charge in [0.25, 0.3) is 5.91 Å². The molecule has 6 nitrogen and oxygen atoms in total. The minimum Gasteiger partial charge on any atom is -0.493 e. The fourth-order valence-corrected chi connectivity index (χ4v) is 2.49. The molecule has 0 radical (unpaired) electrons. The second kappa shape index (κ2) is 8.09. The molecule has 1 amide bonds. The lowest BCUT2D eigenvalue weighted by atomic mass is 10.2. The smallest absolute Gasteiger partial charge is 0.306 e. The average Bonchev–Trinajstić information content (AvgIpc) is 3.01. The maximum atomic E-state index is 11.5. The Labute approximate surface area is 137 Å². The van der Waals surface area contributed by atoms with Crippen LogP contribution in [0.15, 0.2) is 30.5 Å². The number of amides is 1. The van der Waals surface area contributed by atoms with Crippen LogP contribution < -0.4 is 10.1 Å². The highest BCUT2D eigenvalue weighted by Gasteiger charge is 2.06. The fraction of sp³-hybridized carbons (Fsp3) is 0.188. The first-order valence-electron chi connectivity index (χ1n) is 6.89. The molecule has 0 aliphatic carbocycles. The minimum atomic E-state index is -0.892. The Balaban J connectivity index is 2.00. The van der Waals surface area contributed by atoms with Crippen LogP contribution in [0.25, 0.3) is 12.2 Å². The summed E-state index contributed by atoms with van der Waals surface area (Å²) in [5.41, 5.74) is 0.898. The molecule has 0 aliphatic rings. The number of rotatable bonds is 7. The highest BCUT2D eigenvalue weighted by atomic mass is 32.1. The second-order valence-electron chi connectivity index (χ2n) is 4.54. The highest BCUT2D eigenvalue weighted by Crippen LogP contribution is 2.18. The van der Waals surface area contributed by atoms with E-state index in [0.29, 0.717) is 10.6 Å². The van der Waals surface area contributed by atoms with Crippen molar-refractivity contribution < 1.29 is 19.4 Å². The quantitative estimate of drug-likeness (QED) is 0.813. The molecule has 0 aliphatic heterocycles. The number of hydrogen-bond donors (Lipinski definition) is 2. The van der Waals surface area contributed by atoms with E-state index >= 15 is 0 Å². The van der Waals surface area contributed by atoms with E-state index in [4.69, 9.17) is 9.84 Å². The number of ether oxygens (including phenoxy) is 1. The first kappa shape index (κ1) is 16.7. The van der Waals surface area contributed by atoms with Gasteiger partial charge in [-0.25, -0.2) is 4.98 Å². The second-order valence-corrected chi connectivity index (χ2v) is 5.60. The Morgan fingerprint density at radius 3 is 2.96 bits per heavy atom. The number of carboxylic acid groups (broad SMARTS) is 1. The van der Waals surface area contributed by atoms with Crippen molar-refractivity contribution in [3.63, 3.8) is 0 Å². The van der Waals surface area contributed by atoms with Gasteiger partial charge in [0, 0.05) is 7.05 Å². The molecule has 1 aromatic heterocycles. The Kier molecular flexibility index (Phi) is 5.87. The molecule has 120 valence electrons. The first-order valence-corrected chi connectivity index (χ1v) is 7.71. The number of hydrogen-bond acceptors (Lipinski definition) is 5. The zero-order valence-corrected chi connectivity index (χ0v) is 13.3. The monoisotopic (exact) mass is 332 g/mol. The van der Waals surface area contributed by atoms with Crippen molar-refractivity contribution in [2.24, 2.45) is 0 Å². The van der Waals surface area contributed by atoms with Gasteiger partial charge in [-0.1, -0.05) is 18.2 Å². The molecule has 2 N–H and O–H groups in total. The maximum Gasteiger partial charge on any atom is 0.306 e. The van der Waals surface area contributed by atoms with Crippen molar-refractivity contribution in [3.8, 4) is 5.75 Å². The van der Waals surface area contributed by atoms with Crippen molar-refractivity contribution in [2.45, 2.75) is 6.42 Å². The number of carbonyl (C=O) groups excluding carboxylic acids is 1. The summed E-state index contributed by atoms with van der Waals surface area (Å²) < 4.78 is 5.38. The number of aromatic nitrogens is 1. The van der Waals surface area contributed by atoms with E-state index in [1.165, 1.54) is 17.5 Å². The van der Waals surface area contributed by atoms with Gasteiger partial charge >= 0.3 is 5.97 Å². The van der Waals surface area contributed by atoms with Crippen molar-refractivity contribution in [3.05, 3.63) is 45.9 Å². The van der Waals surface area contributed by atoms with Crippen molar-refractivity contribution in [1.82, 2.24) is 10.3 Å². The molecule has 2 aromatic rings. The lowest BCUT2D eigenvalue weighted by Gasteiger charge is -2.04. The van der Waals surface area contributed by atoms with Gasteiger partial charge < -0.3 is 15.2 Å². The van der Waals surface area contributed by atoms with E-state index in [1.807, 2.05) is 30.4 Å². The Hall–Kier alpha value is -2.67. The number of carboxylic acids is 1. The summed E-state index contributed by atoms with van der Waals surface area (Å²) in [6.45, 7) is 0.129. The van der Waals surface area contributed by atoms with Crippen molar-refractivity contribution in [1.29, 1.82) is 0 Å². The molecule has 0 atom stereocenters. The minimum absolute atomic E-state index is 0.0402. The number of nitrogens with one attached hydrogen (secondary N) is 1. The Morgan fingerprint density at radius 1 is 1.39 bits per heavy atom. The van der Waals surface area contributed by atoms with Crippen LogP contribution in [0.4, 0.5) is 0 Å². The van der Waals surface area contributed by atoms with Crippen LogP contribution >= 0.6 is 11.3 Å². The van der Waals surface area contributed by atoms with Gasteiger partial charge in [-0.15, -0.1) is 11.3 Å². The molecule has 0 spiro atoms. The summed E-state index contributed by atoms with van der Waals surface area (Å²) in [7, 11) is 1.58. The summed E-state index contributed by atoms with van der Waals surface area (Å²) in [5.74, 6) is -0.439. The molecular weight excluding hydrogens is 316 g/mol. The van der Waals surface area contributed by atoms with Gasteiger partial charge in [0.2, 0.25) is 0 Å². The molecule has 1 heterocycles. The number of aliphatic carboxylic acids is 1. The molecule has 0 fully saturated rings. The zero-order chi connectivity index (χ0) is 16.7. The predicted octanol–water partition coefficient (Wildman–Crippen LogP) is 2.53. The average molecular weight is 332 g/mol. The van der Waals surface area contributed by atoms with Crippen LogP contribution in [0, 0.1) is 0 Å². The number of nitrogens with zero attached hydrogens (tertiary/aromatic N) is 1. The van der Waals surface area contributed by atoms with E-state index in [-0.39, 0.29) is 18.9 Å². The Morgan fingerprint density at radius 2 is 2.22 bits per heavy atom. The summed E-state index contributed by atoms with van der Waals surface area (Å²) in [5, 5.41) is 11.9. The Bertz CT molecular complexity index is 724. The number of thiazole rings is 1. The summed E-state index contributed by atoms with van der Waals surface area (Å²) in [6, 6.07) is 7.30. The third-order valence-electron chi connectivity index (χ3n) is 2.84. The van der Waals surface area contributed by atoms with Gasteiger partial charge in [-0.05, 0) is 23.8 Å². The van der Waals surface area contributed by atoms with Gasteiger partial charge in [0.15, 0.2) is 0 Å². The molecule has 0 unspecified atom stereocenters. The fourth-order valence-electron chi connectivity index (χ4n) is 1.72. The third kappa shape index (κ3) is 5.23. The number of benzene rings is 1. The van der Waals surface area contributed by atoms with Crippen LogP contribution in [-0.2, 0) is 4.79 Å². The van der Waals surface area contributed by atoms with E-state index in [1.54, 1.807) is 13.1 Å². The third-order valence-corrected chi connectivity index (χ3v) is 3.80. The predicted molar refractivity (Wildman–Crippen MR) is 88.6 cm³/mol. The zero-order valence-electron chi connectivity index (χ0n) is 12.5. The first-order chi connectivity index (χ1) is 11.1. The lowest BCUT2D eigenvalue weighted by Crippen LogP contribution is -2.16. The normalized spacial score (nSPS) is 10.7. The van der Waals surface area contributed by atoms with E-state index in [0.717, 1.165) is 10.6 Å². The molecule has 2 rings (SSSR count). The van der Waals surface area contributed by atoms with Gasteiger partial charge in [-0.2, -0.15) is 0 Å². The lowest BCUT2D eigenvalue weighted by molar-refractivity contribution is -0.137. The standard InChI is InChI=1S/C16H16N2O4S/c1-17-16(21)13-10-18-14(23-13)6-5-11-3-2-4-12(9-11)22-8-7-15(19)20/h2-6,9-10H,7-8H2,1H3,(H,17,21)(H,19,20). The molecule has 7 heteroatoms. The maximum absolute atomic E-state index is 11.5. The van der Waals surface area contributed by atoms with E-state index < -0.39 is 5.97 Å². The topological polar surface area (TPSA) is 88.5 Å². The molecule has 0 saturated heterocycles. The molecule has 0 saturated carbocycles. The van der Waals surface area contributed by atoms with Crippen LogP contribution in [-0.4, -0.2) is 35.6 Å². The largest absolute Gasteiger partial charge is 0.493 e. The van der Waals surface area contributed by atoms with Gasteiger partial charge in [-0.3, -0.25) is 9.59 Å². The van der Waals surface area contributed by atoms with Crippen molar-refractivity contribution >= 4 is 35.4 Å².